The Balaban J connectivity index is 2.13. The van der Waals surface area contributed by atoms with Crippen LogP contribution in [0.1, 0.15) is 44.1 Å². The van der Waals surface area contributed by atoms with Crippen LogP contribution in [0.25, 0.3) is 0 Å². The Hall–Kier alpha value is -1.34. The quantitative estimate of drug-likeness (QED) is 0.865. The normalized spacial score (nSPS) is 17.4. The van der Waals surface area contributed by atoms with Crippen LogP contribution in [0.15, 0.2) is 17.2 Å². The lowest BCUT2D eigenvalue weighted by atomic mass is 10.1. The predicted molar refractivity (Wildman–Crippen MR) is 80.6 cm³/mol. The first-order chi connectivity index (χ1) is 9.81. The topological polar surface area (TPSA) is 82.3 Å². The number of aromatic nitrogens is 1. The van der Waals surface area contributed by atoms with Gasteiger partial charge in [-0.25, -0.2) is 13.1 Å². The van der Waals surface area contributed by atoms with Gasteiger partial charge in [-0.2, -0.15) is 0 Å². The lowest BCUT2D eigenvalue weighted by Gasteiger charge is -2.16. The maximum absolute atomic E-state index is 12.2. The van der Waals surface area contributed by atoms with E-state index in [1.165, 1.54) is 12.3 Å². The van der Waals surface area contributed by atoms with E-state index in [2.05, 4.69) is 9.71 Å². The van der Waals surface area contributed by atoms with Crippen LogP contribution in [-0.2, 0) is 10.0 Å². The van der Waals surface area contributed by atoms with E-state index in [0.717, 1.165) is 25.9 Å². The molecule has 1 unspecified atom stereocenters. The fourth-order valence-corrected chi connectivity index (χ4v) is 3.58. The van der Waals surface area contributed by atoms with Crippen LogP contribution in [0.3, 0.4) is 0 Å². The van der Waals surface area contributed by atoms with Crippen LogP contribution < -0.4 is 4.72 Å². The molecule has 0 radical (unpaired) electrons. The summed E-state index contributed by atoms with van der Waals surface area (Å²) in [6.45, 7) is 7.20. The van der Waals surface area contributed by atoms with Crippen LogP contribution in [0.4, 0.5) is 0 Å². The molecule has 0 saturated carbocycles. The summed E-state index contributed by atoms with van der Waals surface area (Å²) >= 11 is 0. The summed E-state index contributed by atoms with van der Waals surface area (Å²) in [5.74, 6) is 0.0651. The van der Waals surface area contributed by atoms with Gasteiger partial charge in [-0.3, -0.25) is 4.79 Å². The molecule has 1 amide bonds. The molecule has 1 fully saturated rings. The monoisotopic (exact) mass is 313 g/mol. The molecule has 0 aromatic carbocycles. The van der Waals surface area contributed by atoms with E-state index >= 15 is 0 Å². The number of carbonyl (C=O) groups is 1. The first-order valence-electron chi connectivity index (χ1n) is 7.31. The van der Waals surface area contributed by atoms with Crippen molar-refractivity contribution in [2.75, 3.05) is 13.1 Å². The van der Waals surface area contributed by atoms with Crippen molar-refractivity contribution in [3.63, 3.8) is 0 Å². The van der Waals surface area contributed by atoms with Gasteiger partial charge in [-0.1, -0.05) is 13.8 Å². The Morgan fingerprint density at radius 1 is 1.29 bits per heavy atom. The number of hydrogen-bond acceptors (Lipinski definition) is 3. The van der Waals surface area contributed by atoms with Crippen molar-refractivity contribution in [3.05, 3.63) is 18.0 Å². The Morgan fingerprint density at radius 3 is 2.48 bits per heavy atom. The second-order valence-electron chi connectivity index (χ2n) is 5.90. The van der Waals surface area contributed by atoms with E-state index < -0.39 is 10.0 Å². The lowest BCUT2D eigenvalue weighted by molar-refractivity contribution is 0.0787. The summed E-state index contributed by atoms with van der Waals surface area (Å²) in [6, 6.07) is 1.25. The van der Waals surface area contributed by atoms with Crippen molar-refractivity contribution < 1.29 is 13.2 Å². The second-order valence-corrected chi connectivity index (χ2v) is 7.62. The van der Waals surface area contributed by atoms with Gasteiger partial charge in [-0.15, -0.1) is 0 Å². The second kappa shape index (κ2) is 6.19. The first kappa shape index (κ1) is 16.0. The van der Waals surface area contributed by atoms with Gasteiger partial charge in [0.15, 0.2) is 0 Å². The first-order valence-corrected chi connectivity index (χ1v) is 8.79. The van der Waals surface area contributed by atoms with Crippen molar-refractivity contribution in [2.24, 2.45) is 5.92 Å². The molecule has 21 heavy (non-hydrogen) atoms. The Kier molecular flexibility index (Phi) is 4.73. The number of hydrogen-bond donors (Lipinski definition) is 2. The average molecular weight is 313 g/mol. The smallest absolute Gasteiger partial charge is 0.270 e. The molecule has 2 N–H and O–H groups in total. The van der Waals surface area contributed by atoms with Gasteiger partial charge in [-0.05, 0) is 31.7 Å². The molecule has 118 valence electrons. The number of sulfonamides is 1. The van der Waals surface area contributed by atoms with Gasteiger partial charge in [0, 0.05) is 25.3 Å². The third-order valence-electron chi connectivity index (χ3n) is 3.93. The minimum Gasteiger partial charge on any atom is -0.356 e. The van der Waals surface area contributed by atoms with E-state index in [1.807, 2.05) is 20.8 Å². The van der Waals surface area contributed by atoms with E-state index in [9.17, 15) is 13.2 Å². The highest BCUT2D eigenvalue weighted by Gasteiger charge is 2.24. The number of aromatic amines is 1. The maximum Gasteiger partial charge on any atom is 0.270 e. The third-order valence-corrected chi connectivity index (χ3v) is 5.47. The van der Waals surface area contributed by atoms with E-state index in [4.69, 9.17) is 0 Å². The predicted octanol–water partition coefficient (Wildman–Crippen LogP) is 1.57. The number of likely N-dealkylation sites (tertiary alicyclic amines) is 1. The maximum atomic E-state index is 12.2. The van der Waals surface area contributed by atoms with Crippen LogP contribution in [-0.4, -0.2) is 43.3 Å². The Morgan fingerprint density at radius 2 is 1.90 bits per heavy atom. The molecule has 2 heterocycles. The molecule has 2 rings (SSSR count). The largest absolute Gasteiger partial charge is 0.356 e. The summed E-state index contributed by atoms with van der Waals surface area (Å²) in [6.07, 6.45) is 3.38. The van der Waals surface area contributed by atoms with E-state index in [1.54, 1.807) is 4.90 Å². The minimum atomic E-state index is -3.59. The van der Waals surface area contributed by atoms with Crippen molar-refractivity contribution >= 4 is 15.9 Å². The lowest BCUT2D eigenvalue weighted by Crippen LogP contribution is -2.35. The molecule has 1 saturated heterocycles. The number of amides is 1. The molecule has 0 aliphatic carbocycles. The van der Waals surface area contributed by atoms with E-state index in [0.29, 0.717) is 5.69 Å². The highest BCUT2D eigenvalue weighted by atomic mass is 32.2. The summed E-state index contributed by atoms with van der Waals surface area (Å²) in [5.41, 5.74) is 0.328. The van der Waals surface area contributed by atoms with Crippen LogP contribution in [0.5, 0.6) is 0 Å². The Labute approximate surface area is 126 Å². The molecule has 0 spiro atoms. The number of rotatable bonds is 5. The SMILES string of the molecule is CC(C)C(C)NS(=O)(=O)c1c[nH]c(C(=O)N2CCCC2)c1. The minimum absolute atomic E-state index is 0.109. The van der Waals surface area contributed by atoms with Crippen LogP contribution in [0.2, 0.25) is 0 Å². The van der Waals surface area contributed by atoms with Gasteiger partial charge in [0.1, 0.15) is 10.6 Å². The fraction of sp³-hybridized carbons (Fsp3) is 0.643. The van der Waals surface area contributed by atoms with Crippen molar-refractivity contribution in [3.8, 4) is 0 Å². The zero-order valence-corrected chi connectivity index (χ0v) is 13.5. The molecule has 6 nitrogen and oxygen atoms in total. The zero-order valence-electron chi connectivity index (χ0n) is 12.7. The zero-order chi connectivity index (χ0) is 15.6. The summed E-state index contributed by atoms with van der Waals surface area (Å²) in [4.78, 5) is 16.8. The van der Waals surface area contributed by atoms with Crippen molar-refractivity contribution in [1.29, 1.82) is 0 Å². The Bertz CT molecular complexity index is 601. The third kappa shape index (κ3) is 3.65. The van der Waals surface area contributed by atoms with Crippen LogP contribution >= 0.6 is 0 Å². The van der Waals surface area contributed by atoms with Gasteiger partial charge < -0.3 is 9.88 Å². The number of nitrogens with zero attached hydrogens (tertiary/aromatic N) is 1. The van der Waals surface area contributed by atoms with Gasteiger partial charge in [0.05, 0.1) is 0 Å². The summed E-state index contributed by atoms with van der Waals surface area (Å²) in [7, 11) is -3.59. The number of H-pyrrole nitrogens is 1. The molecular formula is C14H23N3O3S. The van der Waals surface area contributed by atoms with Gasteiger partial charge in [0.25, 0.3) is 5.91 Å². The van der Waals surface area contributed by atoms with Gasteiger partial charge in [0.2, 0.25) is 10.0 Å². The molecule has 1 atom stereocenters. The molecule has 0 bridgehead atoms. The fourth-order valence-electron chi connectivity index (χ4n) is 2.19. The average Bonchev–Trinajstić information content (AvgIpc) is 3.09. The van der Waals surface area contributed by atoms with Gasteiger partial charge >= 0.3 is 0 Å². The summed E-state index contributed by atoms with van der Waals surface area (Å²) < 4.78 is 27.1. The standard InChI is InChI=1S/C14H23N3O3S/c1-10(2)11(3)16-21(19,20)12-8-13(15-9-12)14(18)17-6-4-5-7-17/h8-11,15-16H,4-7H2,1-3H3. The van der Waals surface area contributed by atoms with Crippen LogP contribution in [0, 0.1) is 5.92 Å². The van der Waals surface area contributed by atoms with E-state index in [-0.39, 0.29) is 22.8 Å². The van der Waals surface area contributed by atoms with Crippen molar-refractivity contribution in [2.45, 2.75) is 44.6 Å². The number of nitrogens with one attached hydrogen (secondary N) is 2. The van der Waals surface area contributed by atoms with Crippen molar-refractivity contribution in [1.82, 2.24) is 14.6 Å². The summed E-state index contributed by atoms with van der Waals surface area (Å²) in [5, 5.41) is 0. The highest BCUT2D eigenvalue weighted by Crippen LogP contribution is 2.16. The molecule has 1 aromatic heterocycles. The highest BCUT2D eigenvalue weighted by molar-refractivity contribution is 7.89. The number of carbonyl (C=O) groups excluding carboxylic acids is 1. The molecule has 1 aliphatic heterocycles. The molecule has 1 aromatic rings. The molecule has 1 aliphatic rings. The molecule has 7 heteroatoms. The molecular weight excluding hydrogens is 290 g/mol.